The zero-order valence-electron chi connectivity index (χ0n) is 20.1. The van der Waals surface area contributed by atoms with Crippen molar-refractivity contribution in [1.29, 1.82) is 0 Å². The van der Waals surface area contributed by atoms with Crippen LogP contribution >= 0.6 is 11.8 Å². The molecule has 0 bridgehead atoms. The molecule has 1 amide bonds. The van der Waals surface area contributed by atoms with Crippen molar-refractivity contribution < 1.29 is 32.3 Å². The maximum atomic E-state index is 13.4. The Kier molecular flexibility index (Phi) is 9.95. The van der Waals surface area contributed by atoms with Gasteiger partial charge in [0, 0.05) is 18.8 Å². The second kappa shape index (κ2) is 13.1. The molecule has 1 fully saturated rings. The van der Waals surface area contributed by atoms with Crippen LogP contribution in [0.15, 0.2) is 64.5 Å². The number of carboxylic acid groups (broad SMARTS) is 1. The van der Waals surface area contributed by atoms with E-state index >= 15 is 0 Å². The van der Waals surface area contributed by atoms with E-state index in [1.165, 1.54) is 17.3 Å². The van der Waals surface area contributed by atoms with Gasteiger partial charge in [-0.1, -0.05) is 42.1 Å². The van der Waals surface area contributed by atoms with E-state index in [0.29, 0.717) is 23.1 Å². The number of alkyl halides is 3. The molecule has 1 aliphatic rings. The molecule has 0 spiro atoms. The molecule has 37 heavy (non-hydrogen) atoms. The Balaban J connectivity index is 0.000000479. The lowest BCUT2D eigenvalue weighted by molar-refractivity contribution is -0.192. The minimum atomic E-state index is -5.08. The van der Waals surface area contributed by atoms with Gasteiger partial charge >= 0.3 is 12.1 Å². The van der Waals surface area contributed by atoms with Gasteiger partial charge in [0.25, 0.3) is 5.91 Å². The Morgan fingerprint density at radius 3 is 2.57 bits per heavy atom. The number of nitrogens with zero attached hydrogens (tertiary/aromatic N) is 3. The van der Waals surface area contributed by atoms with Crippen LogP contribution in [0.1, 0.15) is 40.9 Å². The first-order chi connectivity index (χ1) is 17.7. The molecular weight excluding hydrogens is 509 g/mol. The van der Waals surface area contributed by atoms with E-state index in [1.807, 2.05) is 29.4 Å². The van der Waals surface area contributed by atoms with Crippen molar-refractivity contribution in [3.05, 3.63) is 71.8 Å². The third kappa shape index (κ3) is 8.24. The summed E-state index contributed by atoms with van der Waals surface area (Å²) in [5.74, 6) is -1.41. The van der Waals surface area contributed by atoms with E-state index in [2.05, 4.69) is 39.6 Å². The molecule has 4 rings (SSSR count). The van der Waals surface area contributed by atoms with Crippen LogP contribution in [0.2, 0.25) is 0 Å². The van der Waals surface area contributed by atoms with Crippen LogP contribution < -0.4 is 5.32 Å². The number of nitrogens with one attached hydrogen (secondary N) is 1. The van der Waals surface area contributed by atoms with Crippen LogP contribution in [0.4, 0.5) is 19.0 Å². The van der Waals surface area contributed by atoms with Crippen LogP contribution in [0.3, 0.4) is 0 Å². The fourth-order valence-electron chi connectivity index (χ4n) is 3.88. The first-order valence-electron chi connectivity index (χ1n) is 11.5. The van der Waals surface area contributed by atoms with Gasteiger partial charge in [-0.15, -0.1) is 0 Å². The molecule has 3 aromatic rings. The Morgan fingerprint density at radius 1 is 1.22 bits per heavy atom. The molecule has 12 heteroatoms. The summed E-state index contributed by atoms with van der Waals surface area (Å²) in [5, 5.41) is 11.0. The number of likely N-dealkylation sites (tertiary alicyclic amines) is 1. The molecule has 0 radical (unpaired) electrons. The smallest absolute Gasteiger partial charge is 0.475 e. The van der Waals surface area contributed by atoms with Gasteiger partial charge in [-0.25, -0.2) is 14.8 Å². The number of thioether (sulfide) groups is 1. The highest BCUT2D eigenvalue weighted by Gasteiger charge is 2.38. The fourth-order valence-corrected chi connectivity index (χ4v) is 4.22. The van der Waals surface area contributed by atoms with Crippen LogP contribution in [-0.2, 0) is 17.8 Å². The number of halogens is 3. The summed E-state index contributed by atoms with van der Waals surface area (Å²) in [4.78, 5) is 33.2. The predicted molar refractivity (Wildman–Crippen MR) is 132 cm³/mol. The second-order valence-electron chi connectivity index (χ2n) is 8.17. The normalized spacial score (nSPS) is 15.1. The number of hydrogen-bond donors (Lipinski definition) is 2. The maximum absolute atomic E-state index is 13.4. The van der Waals surface area contributed by atoms with E-state index < -0.39 is 12.1 Å². The number of aromatic nitrogens is 2. The summed E-state index contributed by atoms with van der Waals surface area (Å²) >= 11 is 1.45. The van der Waals surface area contributed by atoms with E-state index in [0.717, 1.165) is 38.0 Å². The van der Waals surface area contributed by atoms with E-state index in [-0.39, 0.29) is 11.9 Å². The lowest BCUT2D eigenvalue weighted by atomic mass is 10.0. The number of aryl methyl sites for hydroxylation is 1. The molecule has 3 heterocycles. The van der Waals surface area contributed by atoms with Gasteiger partial charge in [0.05, 0.1) is 12.8 Å². The van der Waals surface area contributed by atoms with Crippen molar-refractivity contribution in [3.8, 4) is 0 Å². The Hall–Kier alpha value is -3.54. The summed E-state index contributed by atoms with van der Waals surface area (Å²) in [7, 11) is 0. The molecule has 1 atom stereocenters. The Bertz CT molecular complexity index is 1160. The van der Waals surface area contributed by atoms with Crippen LogP contribution in [0.5, 0.6) is 0 Å². The molecule has 198 valence electrons. The number of anilines is 1. The Morgan fingerprint density at radius 2 is 1.95 bits per heavy atom. The van der Waals surface area contributed by atoms with Crippen LogP contribution in [0, 0.1) is 0 Å². The first-order valence-corrected chi connectivity index (χ1v) is 12.7. The highest BCUT2D eigenvalue weighted by molar-refractivity contribution is 7.98. The van der Waals surface area contributed by atoms with Gasteiger partial charge in [-0.05, 0) is 49.6 Å². The number of aliphatic carboxylic acids is 1. The minimum Gasteiger partial charge on any atom is -0.475 e. The predicted octanol–water partition coefficient (Wildman–Crippen LogP) is 5.27. The summed E-state index contributed by atoms with van der Waals surface area (Å²) < 4.78 is 37.1. The number of benzene rings is 1. The lowest BCUT2D eigenvalue weighted by Crippen LogP contribution is -2.36. The fraction of sp³-hybridized carbons (Fsp3) is 0.360. The van der Waals surface area contributed by atoms with Crippen LogP contribution in [-0.4, -0.2) is 56.9 Å². The van der Waals surface area contributed by atoms with Gasteiger partial charge in [0.1, 0.15) is 17.1 Å². The van der Waals surface area contributed by atoms with Crippen molar-refractivity contribution in [2.75, 3.05) is 18.1 Å². The highest BCUT2D eigenvalue weighted by Crippen LogP contribution is 2.27. The van der Waals surface area contributed by atoms with E-state index in [4.69, 9.17) is 14.3 Å². The van der Waals surface area contributed by atoms with Crippen molar-refractivity contribution in [3.63, 3.8) is 0 Å². The van der Waals surface area contributed by atoms with Crippen molar-refractivity contribution in [2.45, 2.75) is 49.6 Å². The van der Waals surface area contributed by atoms with E-state index in [1.54, 1.807) is 12.5 Å². The zero-order valence-corrected chi connectivity index (χ0v) is 20.9. The first kappa shape index (κ1) is 28.0. The molecule has 8 nitrogen and oxygen atoms in total. The Labute approximate surface area is 216 Å². The number of rotatable bonds is 8. The number of carbonyl (C=O) groups excluding carboxylic acids is 1. The molecule has 1 unspecified atom stereocenters. The number of furan rings is 1. The molecule has 1 aromatic carbocycles. The van der Waals surface area contributed by atoms with Gasteiger partial charge < -0.3 is 19.7 Å². The molecule has 2 aromatic heterocycles. The zero-order chi connectivity index (χ0) is 26.8. The van der Waals surface area contributed by atoms with Gasteiger partial charge in [0.15, 0.2) is 5.16 Å². The molecular formula is C25H27F3N4O4S. The van der Waals surface area contributed by atoms with E-state index in [9.17, 15) is 18.0 Å². The summed E-state index contributed by atoms with van der Waals surface area (Å²) in [6, 6.07) is 14.4. The number of carbonyl (C=O) groups is 2. The van der Waals surface area contributed by atoms with Gasteiger partial charge in [-0.2, -0.15) is 13.2 Å². The molecule has 1 saturated heterocycles. The summed E-state index contributed by atoms with van der Waals surface area (Å²) in [6.07, 6.45) is 4.14. The van der Waals surface area contributed by atoms with Gasteiger partial charge in [0.2, 0.25) is 0 Å². The summed E-state index contributed by atoms with van der Waals surface area (Å²) in [6.45, 7) is 1.25. The largest absolute Gasteiger partial charge is 0.490 e. The standard InChI is InChI=1S/C23H26N4O2S.C2HF3O2/c1-30-23-25-16-20(21(26-23)24-15-19-10-6-14-29-19)22(28)27-13-5-9-18(27)12-11-17-7-3-2-4-8-17;3-2(4,5)1(6)7/h2-4,6-8,10,14,16,18H,5,9,11-13,15H2,1H3,(H,24,25,26);(H,6,7). The lowest BCUT2D eigenvalue weighted by Gasteiger charge is -2.25. The van der Waals surface area contributed by atoms with Crippen molar-refractivity contribution in [2.24, 2.45) is 0 Å². The monoisotopic (exact) mass is 536 g/mol. The SMILES string of the molecule is CSc1ncc(C(=O)N2CCCC2CCc2ccccc2)c(NCc2ccco2)n1.O=C(O)C(F)(F)F. The molecule has 0 aliphatic carbocycles. The van der Waals surface area contributed by atoms with Crippen molar-refractivity contribution >= 4 is 29.5 Å². The average molecular weight is 537 g/mol. The quantitative estimate of drug-likeness (QED) is 0.296. The van der Waals surface area contributed by atoms with Crippen molar-refractivity contribution in [1.82, 2.24) is 14.9 Å². The van der Waals surface area contributed by atoms with Crippen LogP contribution in [0.25, 0.3) is 0 Å². The molecule has 1 aliphatic heterocycles. The number of amides is 1. The average Bonchev–Trinajstić information content (AvgIpc) is 3.58. The van der Waals surface area contributed by atoms with Gasteiger partial charge in [-0.3, -0.25) is 4.79 Å². The minimum absolute atomic E-state index is 0.000148. The number of hydrogen-bond acceptors (Lipinski definition) is 7. The maximum Gasteiger partial charge on any atom is 0.490 e. The topological polar surface area (TPSA) is 109 Å². The molecule has 0 saturated carbocycles. The summed E-state index contributed by atoms with van der Waals surface area (Å²) in [5.41, 5.74) is 1.83. The second-order valence-corrected chi connectivity index (χ2v) is 8.95. The number of carboxylic acids is 1. The third-order valence-corrected chi connectivity index (χ3v) is 6.24. The third-order valence-electron chi connectivity index (χ3n) is 5.68. The highest BCUT2D eigenvalue weighted by atomic mass is 32.2. The molecule has 2 N–H and O–H groups in total.